The molecule has 4 rings (SSSR count). The molecule has 206 valence electrons. The first-order valence-electron chi connectivity index (χ1n) is 12.9. The molecule has 2 atom stereocenters. The van der Waals surface area contributed by atoms with E-state index in [9.17, 15) is 14.7 Å². The van der Waals surface area contributed by atoms with Crippen LogP contribution in [0.15, 0.2) is 60.7 Å². The van der Waals surface area contributed by atoms with E-state index in [0.717, 1.165) is 29.5 Å². The molecule has 3 aromatic rings. The molecule has 8 heteroatoms. The van der Waals surface area contributed by atoms with Crippen molar-refractivity contribution in [1.29, 1.82) is 0 Å². The van der Waals surface area contributed by atoms with E-state index in [0.29, 0.717) is 27.6 Å². The fourth-order valence-corrected chi connectivity index (χ4v) is 5.21. The van der Waals surface area contributed by atoms with Crippen LogP contribution in [0.5, 0.6) is 0 Å². The molecule has 0 heterocycles. The molecule has 0 aliphatic heterocycles. The Morgan fingerprint density at radius 2 is 1.67 bits per heavy atom. The highest BCUT2D eigenvalue weighted by molar-refractivity contribution is 6.33. The molecule has 6 nitrogen and oxygen atoms in total. The van der Waals surface area contributed by atoms with E-state index in [1.54, 1.807) is 41.3 Å². The molecule has 1 aliphatic rings. The average molecular weight is 571 g/mol. The molecule has 0 aromatic heterocycles. The Morgan fingerprint density at radius 3 is 2.31 bits per heavy atom. The SMILES string of the molecule is COC(=O)c1ccc(-c2ccc3c(c2)C[C@@H](N(C[C@H](O)c2ccc(Cl)cc2)C(=O)OC(C)(C)C)CC3)cc1Cl. The van der Waals surface area contributed by atoms with Gasteiger partial charge in [0.15, 0.2) is 0 Å². The maximum absolute atomic E-state index is 13.3. The van der Waals surface area contributed by atoms with Gasteiger partial charge in [0, 0.05) is 11.1 Å². The molecule has 39 heavy (non-hydrogen) atoms. The number of amides is 1. The summed E-state index contributed by atoms with van der Waals surface area (Å²) in [6.07, 6.45) is 0.810. The number of benzene rings is 3. The van der Waals surface area contributed by atoms with Crippen LogP contribution in [0.1, 0.15) is 60.3 Å². The van der Waals surface area contributed by atoms with Crippen molar-refractivity contribution in [2.75, 3.05) is 13.7 Å². The van der Waals surface area contributed by atoms with Gasteiger partial charge in [-0.3, -0.25) is 0 Å². The summed E-state index contributed by atoms with van der Waals surface area (Å²) in [7, 11) is 1.32. The number of carbonyl (C=O) groups is 2. The zero-order valence-electron chi connectivity index (χ0n) is 22.5. The van der Waals surface area contributed by atoms with Crippen LogP contribution in [-0.2, 0) is 22.3 Å². The normalized spacial score (nSPS) is 15.7. The first-order chi connectivity index (χ1) is 18.4. The van der Waals surface area contributed by atoms with Gasteiger partial charge in [0.1, 0.15) is 5.60 Å². The Bertz CT molecular complexity index is 1350. The molecule has 1 N–H and O–H groups in total. The molecule has 1 amide bonds. The molecule has 0 spiro atoms. The summed E-state index contributed by atoms with van der Waals surface area (Å²) < 4.78 is 10.5. The van der Waals surface area contributed by atoms with Crippen LogP contribution in [0.3, 0.4) is 0 Å². The number of nitrogens with zero attached hydrogens (tertiary/aromatic N) is 1. The summed E-state index contributed by atoms with van der Waals surface area (Å²) in [6.45, 7) is 5.59. The Hall–Kier alpha value is -3.06. The number of carbonyl (C=O) groups excluding carboxylic acids is 2. The van der Waals surface area contributed by atoms with Gasteiger partial charge in [0.05, 0.1) is 30.3 Å². The first-order valence-corrected chi connectivity index (χ1v) is 13.6. The van der Waals surface area contributed by atoms with Crippen molar-refractivity contribution in [2.45, 2.75) is 57.8 Å². The molecule has 0 fully saturated rings. The lowest BCUT2D eigenvalue weighted by Crippen LogP contribution is -2.47. The fourth-order valence-electron chi connectivity index (χ4n) is 4.82. The van der Waals surface area contributed by atoms with E-state index < -0.39 is 23.8 Å². The van der Waals surface area contributed by atoms with Crippen molar-refractivity contribution in [3.63, 3.8) is 0 Å². The van der Waals surface area contributed by atoms with Crippen LogP contribution >= 0.6 is 23.2 Å². The maximum atomic E-state index is 13.3. The minimum absolute atomic E-state index is 0.0981. The predicted molar refractivity (Wildman–Crippen MR) is 153 cm³/mol. The van der Waals surface area contributed by atoms with E-state index in [1.165, 1.54) is 12.7 Å². The lowest BCUT2D eigenvalue weighted by Gasteiger charge is -2.37. The second kappa shape index (κ2) is 12.0. The number of ether oxygens (including phenoxy) is 2. The molecule has 0 bridgehead atoms. The van der Waals surface area contributed by atoms with Gasteiger partial charge >= 0.3 is 12.1 Å². The Balaban J connectivity index is 1.60. The molecule has 1 aliphatic carbocycles. The number of hydrogen-bond acceptors (Lipinski definition) is 5. The summed E-state index contributed by atoms with van der Waals surface area (Å²) in [5, 5.41) is 11.9. The van der Waals surface area contributed by atoms with Gasteiger partial charge in [-0.05, 0) is 92.1 Å². The summed E-state index contributed by atoms with van der Waals surface area (Å²) in [5.74, 6) is -0.483. The zero-order valence-corrected chi connectivity index (χ0v) is 24.1. The largest absolute Gasteiger partial charge is 0.465 e. The predicted octanol–water partition coefficient (Wildman–Crippen LogP) is 7.28. The molecule has 0 saturated carbocycles. The topological polar surface area (TPSA) is 76.1 Å². The first kappa shape index (κ1) is 28.9. The van der Waals surface area contributed by atoms with Crippen molar-refractivity contribution in [3.05, 3.63) is 93.0 Å². The van der Waals surface area contributed by atoms with Gasteiger partial charge < -0.3 is 19.5 Å². The monoisotopic (exact) mass is 569 g/mol. The lowest BCUT2D eigenvalue weighted by atomic mass is 9.85. The number of aliphatic hydroxyl groups excluding tert-OH is 1. The minimum Gasteiger partial charge on any atom is -0.465 e. The zero-order chi connectivity index (χ0) is 28.3. The van der Waals surface area contributed by atoms with Gasteiger partial charge in [0.25, 0.3) is 0 Å². The van der Waals surface area contributed by atoms with Gasteiger partial charge in [-0.1, -0.05) is 59.6 Å². The molecular weight excluding hydrogens is 537 g/mol. The third-order valence-corrected chi connectivity index (χ3v) is 7.37. The third-order valence-electron chi connectivity index (χ3n) is 6.81. The van der Waals surface area contributed by atoms with Crippen LogP contribution in [0.25, 0.3) is 11.1 Å². The highest BCUT2D eigenvalue weighted by Crippen LogP contribution is 2.33. The van der Waals surface area contributed by atoms with Gasteiger partial charge in [-0.2, -0.15) is 0 Å². The molecular formula is C31H33Cl2NO5. The van der Waals surface area contributed by atoms with Crippen LogP contribution < -0.4 is 0 Å². The Labute approximate surface area is 239 Å². The van der Waals surface area contributed by atoms with Crippen molar-refractivity contribution >= 4 is 35.3 Å². The second-order valence-corrected chi connectivity index (χ2v) is 11.6. The van der Waals surface area contributed by atoms with E-state index in [1.807, 2.05) is 32.9 Å². The number of aliphatic hydroxyl groups is 1. The van der Waals surface area contributed by atoms with Crippen LogP contribution in [0.2, 0.25) is 10.0 Å². The Morgan fingerprint density at radius 1 is 1.00 bits per heavy atom. The van der Waals surface area contributed by atoms with E-state index in [2.05, 4.69) is 12.1 Å². The van der Waals surface area contributed by atoms with Gasteiger partial charge in [-0.15, -0.1) is 0 Å². The van der Waals surface area contributed by atoms with Gasteiger partial charge in [0.2, 0.25) is 0 Å². The summed E-state index contributed by atoms with van der Waals surface area (Å²) in [5.41, 5.74) is 4.49. The number of esters is 1. The van der Waals surface area contributed by atoms with E-state index >= 15 is 0 Å². The summed E-state index contributed by atoms with van der Waals surface area (Å²) in [4.78, 5) is 26.9. The number of hydrogen-bond donors (Lipinski definition) is 1. The van der Waals surface area contributed by atoms with Crippen molar-refractivity contribution in [3.8, 4) is 11.1 Å². The quantitative estimate of drug-likeness (QED) is 0.316. The summed E-state index contributed by atoms with van der Waals surface area (Å²) in [6, 6.07) is 18.3. The highest BCUT2D eigenvalue weighted by atomic mass is 35.5. The molecule has 0 unspecified atom stereocenters. The molecule has 3 aromatic carbocycles. The molecule has 0 saturated heterocycles. The number of methoxy groups -OCH3 is 1. The molecule has 0 radical (unpaired) electrons. The second-order valence-electron chi connectivity index (χ2n) is 10.8. The van der Waals surface area contributed by atoms with Crippen LogP contribution in [0, 0.1) is 0 Å². The van der Waals surface area contributed by atoms with Crippen molar-refractivity contribution < 1.29 is 24.2 Å². The van der Waals surface area contributed by atoms with Crippen LogP contribution in [-0.4, -0.2) is 47.4 Å². The maximum Gasteiger partial charge on any atom is 0.410 e. The smallest absolute Gasteiger partial charge is 0.410 e. The fraction of sp³-hybridized carbons (Fsp3) is 0.355. The number of halogens is 2. The number of fused-ring (bicyclic) bond motifs is 1. The van der Waals surface area contributed by atoms with E-state index in [-0.39, 0.29) is 12.6 Å². The lowest BCUT2D eigenvalue weighted by molar-refractivity contribution is 0.00195. The average Bonchev–Trinajstić information content (AvgIpc) is 2.89. The van der Waals surface area contributed by atoms with Crippen molar-refractivity contribution in [2.24, 2.45) is 0 Å². The summed E-state index contributed by atoms with van der Waals surface area (Å²) >= 11 is 12.4. The number of aryl methyl sites for hydroxylation is 1. The third kappa shape index (κ3) is 7.13. The Kier molecular flexibility index (Phi) is 8.90. The van der Waals surface area contributed by atoms with Crippen molar-refractivity contribution in [1.82, 2.24) is 4.90 Å². The number of rotatable bonds is 6. The minimum atomic E-state index is -0.891. The van der Waals surface area contributed by atoms with Gasteiger partial charge in [-0.25, -0.2) is 9.59 Å². The standard InChI is InChI=1S/C31H33Cl2NO5/c1-31(2,3)39-30(37)34(18-28(35)20-7-11-24(32)12-8-20)25-13-9-19-5-6-21(15-23(19)16-25)22-10-14-26(27(33)17-22)29(36)38-4/h5-8,10-12,14-15,17,25,28,35H,9,13,16,18H2,1-4H3/t25-,28-/m0/s1. The van der Waals surface area contributed by atoms with E-state index in [4.69, 9.17) is 32.7 Å². The van der Waals surface area contributed by atoms with Crippen LogP contribution in [0.4, 0.5) is 4.79 Å². The highest BCUT2D eigenvalue weighted by Gasteiger charge is 2.33.